The molecule has 11 heteroatoms. The molecule has 23 heavy (non-hydrogen) atoms. The van der Waals surface area contributed by atoms with Crippen LogP contribution in [0.3, 0.4) is 0 Å². The number of aliphatic carboxylic acids is 1. The van der Waals surface area contributed by atoms with E-state index in [2.05, 4.69) is 9.72 Å². The third-order valence-corrected chi connectivity index (χ3v) is 2.70. The van der Waals surface area contributed by atoms with Crippen LogP contribution in [0.2, 0.25) is 0 Å². The molecule has 0 aliphatic rings. The zero-order valence-corrected chi connectivity index (χ0v) is 11.1. The van der Waals surface area contributed by atoms with Gasteiger partial charge in [-0.3, -0.25) is 4.79 Å². The van der Waals surface area contributed by atoms with Crippen LogP contribution >= 0.6 is 0 Å². The highest BCUT2D eigenvalue weighted by atomic mass is 19.4. The second kappa shape index (κ2) is 6.02. The van der Waals surface area contributed by atoms with E-state index in [1.165, 1.54) is 23.7 Å². The number of aromatic nitrogens is 1. The highest BCUT2D eigenvalue weighted by Gasteiger charge is 2.41. The third kappa shape index (κ3) is 3.81. The Morgan fingerprint density at radius 2 is 2.09 bits per heavy atom. The van der Waals surface area contributed by atoms with Crippen LogP contribution in [0.4, 0.5) is 13.2 Å². The quantitative estimate of drug-likeness (QED) is 0.703. The van der Waals surface area contributed by atoms with Crippen molar-refractivity contribution in [1.29, 1.82) is 0 Å². The van der Waals surface area contributed by atoms with Gasteiger partial charge in [0.25, 0.3) is 0 Å². The first kappa shape index (κ1) is 16.4. The Balaban J connectivity index is 1.98. The van der Waals surface area contributed by atoms with Gasteiger partial charge in [-0.15, -0.1) is 0 Å². The predicted octanol–water partition coefficient (Wildman–Crippen LogP) is 1.05. The first-order valence-corrected chi connectivity index (χ1v) is 6.02. The van der Waals surface area contributed by atoms with Gasteiger partial charge >= 0.3 is 24.0 Å². The molecule has 3 N–H and O–H groups in total. The normalized spacial score (nSPS) is 12.8. The van der Waals surface area contributed by atoms with Gasteiger partial charge in [0.2, 0.25) is 0 Å². The molecule has 0 saturated carbocycles. The monoisotopic (exact) mass is 334 g/mol. The number of nitrogens with one attached hydrogen (secondary N) is 2. The number of rotatable bonds is 5. The number of H-pyrrole nitrogens is 1. The Hall–Kier alpha value is -2.98. The summed E-state index contributed by atoms with van der Waals surface area (Å²) in [7, 11) is 0. The highest BCUT2D eigenvalue weighted by Crippen LogP contribution is 2.17. The molecule has 2 heterocycles. The van der Waals surface area contributed by atoms with E-state index in [0.717, 1.165) is 0 Å². The number of aromatic amines is 1. The van der Waals surface area contributed by atoms with E-state index in [1.807, 2.05) is 0 Å². The minimum atomic E-state index is -5.25. The minimum absolute atomic E-state index is 0.0781. The second-order valence-corrected chi connectivity index (χ2v) is 4.34. The lowest BCUT2D eigenvalue weighted by molar-refractivity contribution is -0.175. The van der Waals surface area contributed by atoms with E-state index in [4.69, 9.17) is 9.52 Å². The summed E-state index contributed by atoms with van der Waals surface area (Å²) in [4.78, 5) is 35.8. The van der Waals surface area contributed by atoms with Crippen LogP contribution in [0.15, 0.2) is 22.8 Å². The number of esters is 1. The SMILES string of the molecule is O=C(OCC(NC(=O)C(F)(F)F)C(=O)O)c1cc2occc2[nH]1. The fraction of sp³-hybridized carbons (Fsp3) is 0.250. The molecule has 2 aromatic heterocycles. The molecule has 0 spiro atoms. The molecular weight excluding hydrogens is 325 g/mol. The summed E-state index contributed by atoms with van der Waals surface area (Å²) < 4.78 is 45.9. The summed E-state index contributed by atoms with van der Waals surface area (Å²) in [5.74, 6) is -5.24. The van der Waals surface area contributed by atoms with Gasteiger partial charge in [-0.25, -0.2) is 9.59 Å². The number of halogens is 3. The number of carboxylic acid groups (broad SMARTS) is 1. The van der Waals surface area contributed by atoms with Crippen LogP contribution < -0.4 is 5.32 Å². The molecule has 1 amide bonds. The third-order valence-electron chi connectivity index (χ3n) is 2.70. The first-order valence-electron chi connectivity index (χ1n) is 6.02. The largest absolute Gasteiger partial charge is 0.480 e. The van der Waals surface area contributed by atoms with Crippen LogP contribution in [-0.4, -0.2) is 46.8 Å². The van der Waals surface area contributed by atoms with Crippen LogP contribution in [0.1, 0.15) is 10.5 Å². The molecule has 0 fully saturated rings. The topological polar surface area (TPSA) is 122 Å². The Morgan fingerprint density at radius 3 is 2.65 bits per heavy atom. The van der Waals surface area contributed by atoms with Crippen molar-refractivity contribution in [2.75, 3.05) is 6.61 Å². The smallest absolute Gasteiger partial charge is 0.471 e. The van der Waals surface area contributed by atoms with Crippen molar-refractivity contribution in [3.05, 3.63) is 24.1 Å². The number of alkyl halides is 3. The molecule has 2 rings (SSSR count). The minimum Gasteiger partial charge on any atom is -0.480 e. The van der Waals surface area contributed by atoms with Crippen molar-refractivity contribution in [2.24, 2.45) is 0 Å². The summed E-state index contributed by atoms with van der Waals surface area (Å²) >= 11 is 0. The maximum Gasteiger partial charge on any atom is 0.471 e. The van der Waals surface area contributed by atoms with E-state index in [-0.39, 0.29) is 5.69 Å². The summed E-state index contributed by atoms with van der Waals surface area (Å²) in [6.45, 7) is -0.976. The molecular formula is C12H9F3N2O6. The molecule has 8 nitrogen and oxygen atoms in total. The van der Waals surface area contributed by atoms with E-state index in [9.17, 15) is 27.6 Å². The predicted molar refractivity (Wildman–Crippen MR) is 66.5 cm³/mol. The molecule has 0 radical (unpaired) electrons. The van der Waals surface area contributed by atoms with Crippen molar-refractivity contribution < 1.29 is 41.8 Å². The molecule has 1 unspecified atom stereocenters. The standard InChI is InChI=1S/C12H9F3N2O6/c13-12(14,15)11(21)17-7(9(18)19)4-23-10(20)6-3-8-5(16-6)1-2-22-8/h1-3,7,16H,4H2,(H,17,21)(H,18,19). The summed E-state index contributed by atoms with van der Waals surface area (Å²) in [6, 6.07) is 0.767. The van der Waals surface area contributed by atoms with Crippen LogP contribution in [0, 0.1) is 0 Å². The van der Waals surface area contributed by atoms with Gasteiger partial charge in [-0.05, 0) is 0 Å². The second-order valence-electron chi connectivity index (χ2n) is 4.34. The number of carbonyl (C=O) groups excluding carboxylic acids is 2. The van der Waals surface area contributed by atoms with Gasteiger partial charge < -0.3 is 24.6 Å². The van der Waals surface area contributed by atoms with Crippen molar-refractivity contribution in [1.82, 2.24) is 10.3 Å². The van der Waals surface area contributed by atoms with Crippen LogP contribution in [-0.2, 0) is 14.3 Å². The number of fused-ring (bicyclic) bond motifs is 1. The molecule has 1 atom stereocenters. The summed E-state index contributed by atoms with van der Waals surface area (Å²) in [6.07, 6.45) is -3.88. The van der Waals surface area contributed by atoms with Gasteiger partial charge in [0, 0.05) is 12.1 Å². The Bertz CT molecular complexity index is 719. The van der Waals surface area contributed by atoms with Crippen molar-refractivity contribution in [3.8, 4) is 0 Å². The summed E-state index contributed by atoms with van der Waals surface area (Å²) in [5.41, 5.74) is 0.750. The van der Waals surface area contributed by atoms with Crippen molar-refractivity contribution in [3.63, 3.8) is 0 Å². The van der Waals surface area contributed by atoms with E-state index >= 15 is 0 Å². The van der Waals surface area contributed by atoms with Crippen molar-refractivity contribution >= 4 is 28.9 Å². The first-order chi connectivity index (χ1) is 10.7. The molecule has 0 saturated heterocycles. The number of hydrogen-bond donors (Lipinski definition) is 3. The maximum atomic E-state index is 12.1. The number of carboxylic acids is 1. The lowest BCUT2D eigenvalue weighted by Crippen LogP contribution is -2.49. The number of ether oxygens (including phenoxy) is 1. The molecule has 0 bridgehead atoms. The molecule has 0 aliphatic heterocycles. The number of carbonyl (C=O) groups is 3. The summed E-state index contributed by atoms with van der Waals surface area (Å²) in [5, 5.41) is 9.97. The molecule has 124 valence electrons. The Labute approximate surface area is 125 Å². The highest BCUT2D eigenvalue weighted by molar-refractivity contribution is 5.93. The average Bonchev–Trinajstić information content (AvgIpc) is 3.02. The van der Waals surface area contributed by atoms with Gasteiger partial charge in [-0.2, -0.15) is 13.2 Å². The van der Waals surface area contributed by atoms with Gasteiger partial charge in [0.05, 0.1) is 11.8 Å². The van der Waals surface area contributed by atoms with E-state index in [0.29, 0.717) is 11.1 Å². The fourth-order valence-electron chi connectivity index (χ4n) is 1.61. The zero-order valence-electron chi connectivity index (χ0n) is 11.1. The maximum absolute atomic E-state index is 12.1. The average molecular weight is 334 g/mol. The number of furan rings is 1. The number of hydrogen-bond acceptors (Lipinski definition) is 5. The fourth-order valence-corrected chi connectivity index (χ4v) is 1.61. The van der Waals surface area contributed by atoms with Crippen LogP contribution in [0.5, 0.6) is 0 Å². The van der Waals surface area contributed by atoms with Crippen LogP contribution in [0.25, 0.3) is 11.1 Å². The Kier molecular flexibility index (Phi) is 4.29. The number of amides is 1. The molecule has 2 aromatic rings. The van der Waals surface area contributed by atoms with Crippen molar-refractivity contribution in [2.45, 2.75) is 12.2 Å². The zero-order chi connectivity index (χ0) is 17.2. The molecule has 0 aromatic carbocycles. The lowest BCUT2D eigenvalue weighted by atomic mass is 10.3. The lowest BCUT2D eigenvalue weighted by Gasteiger charge is -2.15. The van der Waals surface area contributed by atoms with E-state index in [1.54, 1.807) is 0 Å². The van der Waals surface area contributed by atoms with Gasteiger partial charge in [0.1, 0.15) is 12.3 Å². The van der Waals surface area contributed by atoms with Gasteiger partial charge in [-0.1, -0.05) is 0 Å². The van der Waals surface area contributed by atoms with E-state index < -0.39 is 36.7 Å². The molecule has 0 aliphatic carbocycles. The van der Waals surface area contributed by atoms with Gasteiger partial charge in [0.15, 0.2) is 11.6 Å². The Morgan fingerprint density at radius 1 is 1.39 bits per heavy atom.